The third-order valence-electron chi connectivity index (χ3n) is 6.91. The van der Waals surface area contributed by atoms with Gasteiger partial charge in [-0.05, 0) is 55.8 Å². The van der Waals surface area contributed by atoms with Crippen LogP contribution < -0.4 is 0 Å². The van der Waals surface area contributed by atoms with E-state index in [4.69, 9.17) is 21.1 Å². The van der Waals surface area contributed by atoms with Crippen molar-refractivity contribution >= 4 is 68.8 Å². The van der Waals surface area contributed by atoms with Crippen LogP contribution in [0.3, 0.4) is 0 Å². The number of hydrogen-bond acceptors (Lipinski definition) is 9. The monoisotopic (exact) mass is 635 g/mol. The van der Waals surface area contributed by atoms with Gasteiger partial charge < -0.3 is 9.47 Å². The first-order valence-electron chi connectivity index (χ1n) is 14.6. The number of para-hydroxylation sites is 3. The number of rotatable bonds is 6. The lowest BCUT2D eigenvalue weighted by molar-refractivity contribution is -0.141. The molecule has 0 radical (unpaired) electrons. The summed E-state index contributed by atoms with van der Waals surface area (Å²) in [7, 11) is 0. The van der Waals surface area contributed by atoms with Gasteiger partial charge in [0.25, 0.3) is 0 Å². The van der Waals surface area contributed by atoms with Crippen molar-refractivity contribution < 1.29 is 23.9 Å². The van der Waals surface area contributed by atoms with Gasteiger partial charge in [0, 0.05) is 42.3 Å². The number of carbonyl (C=O) groups excluding carboxylic acids is 3. The van der Waals surface area contributed by atoms with E-state index in [9.17, 15) is 14.4 Å². The number of pyridine rings is 3. The molecule has 2 aromatic carbocycles. The van der Waals surface area contributed by atoms with Crippen LogP contribution in [0.2, 0.25) is 5.02 Å². The van der Waals surface area contributed by atoms with Crippen LogP contribution in [0.25, 0.3) is 27.6 Å². The van der Waals surface area contributed by atoms with Crippen LogP contribution >= 0.6 is 11.6 Å². The van der Waals surface area contributed by atoms with Gasteiger partial charge in [-0.1, -0.05) is 41.9 Å². The fourth-order valence-electron chi connectivity index (χ4n) is 4.90. The number of esters is 2. The molecule has 4 aromatic heterocycles. The lowest BCUT2D eigenvalue weighted by Gasteiger charge is -2.07. The molecule has 46 heavy (non-hydrogen) atoms. The third kappa shape index (κ3) is 7.24. The molecule has 0 fully saturated rings. The van der Waals surface area contributed by atoms with Crippen molar-refractivity contribution in [3.63, 3.8) is 0 Å². The minimum atomic E-state index is -0.367. The molecule has 232 valence electrons. The van der Waals surface area contributed by atoms with Gasteiger partial charge in [0.1, 0.15) is 5.56 Å². The summed E-state index contributed by atoms with van der Waals surface area (Å²) >= 11 is 5.55. The van der Waals surface area contributed by atoms with Crippen molar-refractivity contribution in [2.45, 2.75) is 26.7 Å². The molecule has 0 aliphatic carbocycles. The minimum absolute atomic E-state index is 0.191. The molecule has 0 atom stereocenters. The van der Waals surface area contributed by atoms with E-state index < -0.39 is 0 Å². The number of aldehydes is 1. The summed E-state index contributed by atoms with van der Waals surface area (Å²) < 4.78 is 12.0. The fourth-order valence-corrected chi connectivity index (χ4v) is 5.05. The first-order chi connectivity index (χ1) is 22.4. The number of benzene rings is 2. The normalized spacial score (nSPS) is 11.5. The SMILES string of the molecule is CCOC(=O)CC1=Nc2ccccc2C1.CCOC(=O)c1cc2cnccc2n2c1nc1ccccc12.O=Cc1cnccc1Cl. The molecular formula is C35H30ClN5O5. The summed E-state index contributed by atoms with van der Waals surface area (Å²) in [5.41, 5.74) is 7.34. The highest BCUT2D eigenvalue weighted by Crippen LogP contribution is 2.27. The largest absolute Gasteiger partial charge is 0.466 e. The number of nitrogens with zero attached hydrogens (tertiary/aromatic N) is 5. The quantitative estimate of drug-likeness (QED) is 0.141. The van der Waals surface area contributed by atoms with Crippen LogP contribution in [0.5, 0.6) is 0 Å². The molecule has 11 heteroatoms. The number of hydrogen-bond donors (Lipinski definition) is 0. The molecule has 6 aromatic rings. The number of ether oxygens (including phenoxy) is 2. The molecular weight excluding hydrogens is 606 g/mol. The summed E-state index contributed by atoms with van der Waals surface area (Å²) in [6.07, 6.45) is 8.20. The number of fused-ring (bicyclic) bond motifs is 6. The predicted octanol–water partition coefficient (Wildman–Crippen LogP) is 7.03. The molecule has 0 saturated carbocycles. The summed E-state index contributed by atoms with van der Waals surface area (Å²) in [6, 6.07) is 21.1. The van der Waals surface area contributed by atoms with E-state index in [-0.39, 0.29) is 11.9 Å². The highest BCUT2D eigenvalue weighted by atomic mass is 35.5. The zero-order valence-electron chi connectivity index (χ0n) is 25.2. The van der Waals surface area contributed by atoms with Crippen molar-refractivity contribution in [2.75, 3.05) is 13.2 Å². The second kappa shape index (κ2) is 15.0. The van der Waals surface area contributed by atoms with Gasteiger partial charge in [-0.25, -0.2) is 9.78 Å². The van der Waals surface area contributed by atoms with Gasteiger partial charge in [0.05, 0.1) is 52.5 Å². The highest BCUT2D eigenvalue weighted by molar-refractivity contribution is 6.32. The van der Waals surface area contributed by atoms with Crippen LogP contribution in [-0.2, 0) is 20.7 Å². The molecule has 10 nitrogen and oxygen atoms in total. The molecule has 0 bridgehead atoms. The van der Waals surface area contributed by atoms with Crippen molar-refractivity contribution in [3.8, 4) is 0 Å². The van der Waals surface area contributed by atoms with Gasteiger partial charge in [-0.15, -0.1) is 0 Å². The van der Waals surface area contributed by atoms with Crippen LogP contribution in [0, 0.1) is 0 Å². The van der Waals surface area contributed by atoms with Gasteiger partial charge >= 0.3 is 11.9 Å². The molecule has 0 amide bonds. The Morgan fingerprint density at radius 2 is 1.65 bits per heavy atom. The fraction of sp³-hybridized carbons (Fsp3) is 0.171. The van der Waals surface area contributed by atoms with Crippen LogP contribution in [0.15, 0.2) is 96.5 Å². The highest BCUT2D eigenvalue weighted by Gasteiger charge is 2.19. The van der Waals surface area contributed by atoms with E-state index in [0.29, 0.717) is 47.7 Å². The summed E-state index contributed by atoms with van der Waals surface area (Å²) in [5.74, 6) is -0.558. The molecule has 5 heterocycles. The first kappa shape index (κ1) is 31.9. The topological polar surface area (TPSA) is 125 Å². The molecule has 1 aliphatic heterocycles. The average Bonchev–Trinajstić information content (AvgIpc) is 3.67. The van der Waals surface area contributed by atoms with Crippen molar-refractivity contribution in [1.29, 1.82) is 0 Å². The number of aromatic nitrogens is 4. The van der Waals surface area contributed by atoms with E-state index in [1.165, 1.54) is 18.0 Å². The maximum absolute atomic E-state index is 12.3. The Morgan fingerprint density at radius 1 is 0.913 bits per heavy atom. The van der Waals surface area contributed by atoms with Crippen molar-refractivity contribution in [2.24, 2.45) is 4.99 Å². The number of imidazole rings is 1. The van der Waals surface area contributed by atoms with Gasteiger partial charge in [0.2, 0.25) is 0 Å². The molecule has 7 rings (SSSR count). The Labute approximate surface area is 269 Å². The number of halogens is 1. The van der Waals surface area contributed by atoms with Gasteiger partial charge in [-0.2, -0.15) is 0 Å². The van der Waals surface area contributed by atoms with Gasteiger partial charge in [-0.3, -0.25) is 29.0 Å². The van der Waals surface area contributed by atoms with E-state index in [2.05, 4.69) is 19.9 Å². The third-order valence-corrected chi connectivity index (χ3v) is 7.25. The summed E-state index contributed by atoms with van der Waals surface area (Å²) in [5, 5.41) is 1.32. The van der Waals surface area contributed by atoms with Crippen LogP contribution in [-0.4, -0.2) is 56.5 Å². The Morgan fingerprint density at radius 3 is 2.39 bits per heavy atom. The van der Waals surface area contributed by atoms with E-state index in [1.54, 1.807) is 31.5 Å². The second-order valence-corrected chi connectivity index (χ2v) is 10.4. The van der Waals surface area contributed by atoms with E-state index in [0.717, 1.165) is 39.8 Å². The summed E-state index contributed by atoms with van der Waals surface area (Å²) in [4.78, 5) is 50.5. The number of aliphatic imine (C=N–C) groups is 1. The molecule has 0 N–H and O–H groups in total. The Bertz CT molecular complexity index is 2070. The Hall–Kier alpha value is -5.48. The van der Waals surface area contributed by atoms with E-state index in [1.807, 2.05) is 65.9 Å². The molecule has 0 saturated heterocycles. The smallest absolute Gasteiger partial charge is 0.341 e. The first-order valence-corrected chi connectivity index (χ1v) is 15.0. The maximum Gasteiger partial charge on any atom is 0.341 e. The average molecular weight is 636 g/mol. The summed E-state index contributed by atoms with van der Waals surface area (Å²) in [6.45, 7) is 4.36. The lowest BCUT2D eigenvalue weighted by atomic mass is 10.1. The van der Waals surface area contributed by atoms with Crippen LogP contribution in [0.1, 0.15) is 46.5 Å². The maximum atomic E-state index is 12.3. The molecule has 0 spiro atoms. The van der Waals surface area contributed by atoms with Crippen molar-refractivity contribution in [3.05, 3.63) is 113 Å². The minimum Gasteiger partial charge on any atom is -0.466 e. The predicted molar refractivity (Wildman–Crippen MR) is 177 cm³/mol. The zero-order chi connectivity index (χ0) is 32.5. The van der Waals surface area contributed by atoms with Crippen LogP contribution in [0.4, 0.5) is 5.69 Å². The molecule has 0 unspecified atom stereocenters. The Balaban J connectivity index is 0.000000150. The molecule has 1 aliphatic rings. The standard InChI is InChI=1S/C17H13N3O2.C12H13NO2.C6H4ClNO/c1-2-22-17(21)12-9-11-10-18-8-7-14(11)20-15-6-4-3-5-13(15)19-16(12)20;1-2-15-12(14)8-10-7-9-5-3-4-6-11(9)13-10;7-6-1-2-8-3-5(6)4-9/h3-10H,2H2,1H3;3-6H,2,7-8H2,1H3;1-4H. The lowest BCUT2D eigenvalue weighted by Crippen LogP contribution is -2.10. The van der Waals surface area contributed by atoms with Crippen molar-refractivity contribution in [1.82, 2.24) is 19.4 Å². The zero-order valence-corrected chi connectivity index (χ0v) is 26.0. The number of carbonyl (C=O) groups is 3. The van der Waals surface area contributed by atoms with E-state index >= 15 is 0 Å². The van der Waals surface area contributed by atoms with Gasteiger partial charge in [0.15, 0.2) is 11.9 Å². The Kier molecular flexibility index (Phi) is 10.4. The second-order valence-electron chi connectivity index (χ2n) is 9.95.